The summed E-state index contributed by atoms with van der Waals surface area (Å²) in [4.78, 5) is 14.4. The Kier molecular flexibility index (Phi) is 6.30. The second kappa shape index (κ2) is 7.52. The predicted molar refractivity (Wildman–Crippen MR) is 84.5 cm³/mol. The SMILES string of the molecule is COc1ccc(C(=O)N2CCC(N)C(C)C2)c(OC)c1.Cl. The Morgan fingerprint density at radius 3 is 2.62 bits per heavy atom. The van der Waals surface area contributed by atoms with E-state index in [1.54, 1.807) is 32.4 Å². The number of hydrogen-bond acceptors (Lipinski definition) is 4. The van der Waals surface area contributed by atoms with Gasteiger partial charge in [-0.25, -0.2) is 0 Å². The van der Waals surface area contributed by atoms with E-state index in [4.69, 9.17) is 15.2 Å². The summed E-state index contributed by atoms with van der Waals surface area (Å²) in [6.07, 6.45) is 0.839. The monoisotopic (exact) mass is 314 g/mol. The van der Waals surface area contributed by atoms with Gasteiger partial charge in [0.25, 0.3) is 5.91 Å². The number of halogens is 1. The van der Waals surface area contributed by atoms with Gasteiger partial charge in [-0.05, 0) is 24.5 Å². The molecule has 5 nitrogen and oxygen atoms in total. The van der Waals surface area contributed by atoms with E-state index in [-0.39, 0.29) is 24.4 Å². The molecule has 0 radical (unpaired) electrons. The maximum Gasteiger partial charge on any atom is 0.257 e. The van der Waals surface area contributed by atoms with E-state index < -0.39 is 0 Å². The molecule has 1 aromatic carbocycles. The van der Waals surface area contributed by atoms with Crippen LogP contribution in [-0.4, -0.2) is 44.2 Å². The number of nitrogens with two attached hydrogens (primary N) is 1. The molecule has 6 heteroatoms. The number of carbonyl (C=O) groups excluding carboxylic acids is 1. The lowest BCUT2D eigenvalue weighted by Crippen LogP contribution is -2.48. The highest BCUT2D eigenvalue weighted by Gasteiger charge is 2.28. The number of rotatable bonds is 3. The number of carbonyl (C=O) groups is 1. The number of likely N-dealkylation sites (tertiary alicyclic amines) is 1. The Morgan fingerprint density at radius 2 is 2.05 bits per heavy atom. The van der Waals surface area contributed by atoms with Crippen LogP contribution < -0.4 is 15.2 Å². The molecule has 0 aliphatic carbocycles. The van der Waals surface area contributed by atoms with Gasteiger partial charge in [-0.15, -0.1) is 12.4 Å². The van der Waals surface area contributed by atoms with Gasteiger partial charge >= 0.3 is 0 Å². The first-order valence-electron chi connectivity index (χ1n) is 6.83. The minimum absolute atomic E-state index is 0. The van der Waals surface area contributed by atoms with Crippen molar-refractivity contribution in [2.45, 2.75) is 19.4 Å². The van der Waals surface area contributed by atoms with Crippen molar-refractivity contribution in [3.63, 3.8) is 0 Å². The fourth-order valence-corrected chi connectivity index (χ4v) is 2.49. The first kappa shape index (κ1) is 17.6. The first-order valence-corrected chi connectivity index (χ1v) is 6.83. The van der Waals surface area contributed by atoms with Crippen LogP contribution in [-0.2, 0) is 0 Å². The fraction of sp³-hybridized carbons (Fsp3) is 0.533. The second-order valence-corrected chi connectivity index (χ2v) is 5.25. The van der Waals surface area contributed by atoms with Crippen molar-refractivity contribution in [2.24, 2.45) is 11.7 Å². The molecule has 0 aromatic heterocycles. The molecule has 2 rings (SSSR count). The molecule has 1 aromatic rings. The van der Waals surface area contributed by atoms with Gasteiger partial charge in [0, 0.05) is 25.2 Å². The summed E-state index contributed by atoms with van der Waals surface area (Å²) in [5, 5.41) is 0. The van der Waals surface area contributed by atoms with Crippen LogP contribution >= 0.6 is 12.4 Å². The molecule has 0 saturated carbocycles. The molecule has 1 amide bonds. The molecule has 21 heavy (non-hydrogen) atoms. The van der Waals surface area contributed by atoms with Crippen LogP contribution in [0.2, 0.25) is 0 Å². The van der Waals surface area contributed by atoms with Crippen LogP contribution in [0.15, 0.2) is 18.2 Å². The molecule has 0 bridgehead atoms. The Balaban J connectivity index is 0.00000220. The van der Waals surface area contributed by atoms with E-state index in [9.17, 15) is 4.79 Å². The molecule has 2 unspecified atom stereocenters. The molecular weight excluding hydrogens is 292 g/mol. The third-order valence-corrected chi connectivity index (χ3v) is 3.90. The Hall–Kier alpha value is -1.46. The molecule has 1 fully saturated rings. The van der Waals surface area contributed by atoms with Crippen molar-refractivity contribution in [1.82, 2.24) is 4.90 Å². The maximum absolute atomic E-state index is 12.6. The lowest BCUT2D eigenvalue weighted by molar-refractivity contribution is 0.0661. The molecule has 1 aliphatic rings. The van der Waals surface area contributed by atoms with E-state index in [2.05, 4.69) is 6.92 Å². The largest absolute Gasteiger partial charge is 0.497 e. The van der Waals surface area contributed by atoms with Crippen LogP contribution in [0.4, 0.5) is 0 Å². The van der Waals surface area contributed by atoms with Gasteiger partial charge in [-0.1, -0.05) is 6.92 Å². The molecule has 0 spiro atoms. The summed E-state index contributed by atoms with van der Waals surface area (Å²) in [6.45, 7) is 3.46. The molecule has 1 saturated heterocycles. The smallest absolute Gasteiger partial charge is 0.257 e. The predicted octanol–water partition coefficient (Wildman–Crippen LogP) is 1.93. The lowest BCUT2D eigenvalue weighted by Gasteiger charge is -2.35. The zero-order valence-electron chi connectivity index (χ0n) is 12.7. The highest BCUT2D eigenvalue weighted by molar-refractivity contribution is 5.97. The second-order valence-electron chi connectivity index (χ2n) is 5.25. The van der Waals surface area contributed by atoms with Gasteiger partial charge in [0.05, 0.1) is 19.8 Å². The molecule has 118 valence electrons. The normalized spacial score (nSPS) is 21.4. The van der Waals surface area contributed by atoms with Crippen LogP contribution in [0, 0.1) is 5.92 Å². The number of methoxy groups -OCH3 is 2. The number of piperidine rings is 1. The van der Waals surface area contributed by atoms with Crippen molar-refractivity contribution >= 4 is 18.3 Å². The van der Waals surface area contributed by atoms with E-state index in [1.165, 1.54) is 0 Å². The van der Waals surface area contributed by atoms with E-state index >= 15 is 0 Å². The van der Waals surface area contributed by atoms with Crippen molar-refractivity contribution in [3.8, 4) is 11.5 Å². The number of amides is 1. The summed E-state index contributed by atoms with van der Waals surface area (Å²) in [5.41, 5.74) is 6.56. The average molecular weight is 315 g/mol. The zero-order valence-corrected chi connectivity index (χ0v) is 13.5. The molecule has 1 heterocycles. The molecule has 2 N–H and O–H groups in total. The van der Waals surface area contributed by atoms with Gasteiger partial charge in [-0.2, -0.15) is 0 Å². The molecular formula is C15H23ClN2O3. The third-order valence-electron chi connectivity index (χ3n) is 3.90. The van der Waals surface area contributed by atoms with Crippen molar-refractivity contribution < 1.29 is 14.3 Å². The lowest BCUT2D eigenvalue weighted by atomic mass is 9.94. The maximum atomic E-state index is 12.6. The van der Waals surface area contributed by atoms with Crippen LogP contribution in [0.5, 0.6) is 11.5 Å². The van der Waals surface area contributed by atoms with E-state index in [1.807, 2.05) is 4.90 Å². The first-order chi connectivity index (χ1) is 9.56. The summed E-state index contributed by atoms with van der Waals surface area (Å²) in [5.74, 6) is 1.52. The van der Waals surface area contributed by atoms with Gasteiger partial charge in [-0.3, -0.25) is 4.79 Å². The third kappa shape index (κ3) is 3.80. The fourth-order valence-electron chi connectivity index (χ4n) is 2.49. The van der Waals surface area contributed by atoms with Crippen LogP contribution in [0.3, 0.4) is 0 Å². The van der Waals surface area contributed by atoms with Crippen molar-refractivity contribution in [3.05, 3.63) is 23.8 Å². The standard InChI is InChI=1S/C15H22N2O3.ClH/c1-10-9-17(7-6-13(10)16)15(18)12-5-4-11(19-2)8-14(12)20-3;/h4-5,8,10,13H,6-7,9,16H2,1-3H3;1H. The topological polar surface area (TPSA) is 64.8 Å². The summed E-state index contributed by atoms with van der Waals surface area (Å²) >= 11 is 0. The van der Waals surface area contributed by atoms with E-state index in [0.29, 0.717) is 36.1 Å². The summed E-state index contributed by atoms with van der Waals surface area (Å²) < 4.78 is 10.4. The molecule has 2 atom stereocenters. The zero-order chi connectivity index (χ0) is 14.7. The highest BCUT2D eigenvalue weighted by atomic mass is 35.5. The number of hydrogen-bond donors (Lipinski definition) is 1. The summed E-state index contributed by atoms with van der Waals surface area (Å²) in [7, 11) is 3.14. The van der Waals surface area contributed by atoms with Crippen molar-refractivity contribution in [1.29, 1.82) is 0 Å². The number of benzene rings is 1. The minimum Gasteiger partial charge on any atom is -0.497 e. The van der Waals surface area contributed by atoms with Crippen LogP contribution in [0.1, 0.15) is 23.7 Å². The Bertz CT molecular complexity index is 496. The quantitative estimate of drug-likeness (QED) is 0.926. The number of nitrogens with zero attached hydrogens (tertiary/aromatic N) is 1. The Morgan fingerprint density at radius 1 is 1.33 bits per heavy atom. The van der Waals surface area contributed by atoms with Gasteiger partial charge in [0.2, 0.25) is 0 Å². The van der Waals surface area contributed by atoms with Gasteiger partial charge in [0.1, 0.15) is 11.5 Å². The van der Waals surface area contributed by atoms with Gasteiger partial charge < -0.3 is 20.1 Å². The van der Waals surface area contributed by atoms with Gasteiger partial charge in [0.15, 0.2) is 0 Å². The number of ether oxygens (including phenoxy) is 2. The average Bonchev–Trinajstić information content (AvgIpc) is 2.48. The highest BCUT2D eigenvalue weighted by Crippen LogP contribution is 2.27. The minimum atomic E-state index is -0.0109. The van der Waals surface area contributed by atoms with Crippen LogP contribution in [0.25, 0.3) is 0 Å². The Labute approximate surface area is 131 Å². The summed E-state index contributed by atoms with van der Waals surface area (Å²) in [6, 6.07) is 5.43. The van der Waals surface area contributed by atoms with E-state index in [0.717, 1.165) is 6.42 Å². The van der Waals surface area contributed by atoms with Crippen molar-refractivity contribution in [2.75, 3.05) is 27.3 Å². The molecule has 1 aliphatic heterocycles.